The molecule has 1 fully saturated rings. The SMILES string of the molecule is CC(c1ccc(Cl)cc1)N1CC(CS(=O)(=O)F)CC1=O. The van der Waals surface area contributed by atoms with Crippen molar-refractivity contribution in [2.45, 2.75) is 19.4 Å². The number of likely N-dealkylation sites (tertiary alicyclic amines) is 1. The van der Waals surface area contributed by atoms with Crippen molar-refractivity contribution >= 4 is 27.7 Å². The van der Waals surface area contributed by atoms with Crippen molar-refractivity contribution in [2.24, 2.45) is 5.92 Å². The van der Waals surface area contributed by atoms with Gasteiger partial charge in [0.25, 0.3) is 0 Å². The molecule has 110 valence electrons. The molecule has 0 saturated carbocycles. The Kier molecular flexibility index (Phi) is 4.34. The standard InChI is InChI=1S/C13H15ClFNO3S/c1-9(11-2-4-12(14)5-3-11)16-7-10(6-13(16)17)8-20(15,18)19/h2-5,9-10H,6-8H2,1H3. The Hall–Kier alpha value is -1.14. The Bertz CT molecular complexity index is 603. The number of benzene rings is 1. The van der Waals surface area contributed by atoms with Crippen molar-refractivity contribution in [1.29, 1.82) is 0 Å². The van der Waals surface area contributed by atoms with Crippen LogP contribution in [0.4, 0.5) is 3.89 Å². The van der Waals surface area contributed by atoms with Gasteiger partial charge in [0.2, 0.25) is 5.91 Å². The fourth-order valence-electron chi connectivity index (χ4n) is 2.50. The highest BCUT2D eigenvalue weighted by molar-refractivity contribution is 7.86. The zero-order valence-corrected chi connectivity index (χ0v) is 12.5. The first kappa shape index (κ1) is 15.3. The lowest BCUT2D eigenvalue weighted by Crippen LogP contribution is -2.29. The zero-order valence-electron chi connectivity index (χ0n) is 10.9. The van der Waals surface area contributed by atoms with E-state index in [0.29, 0.717) is 5.02 Å². The van der Waals surface area contributed by atoms with Gasteiger partial charge in [-0.3, -0.25) is 4.79 Å². The molecule has 2 unspecified atom stereocenters. The molecule has 4 nitrogen and oxygen atoms in total. The second-order valence-electron chi connectivity index (χ2n) is 5.05. The number of carbonyl (C=O) groups is 1. The van der Waals surface area contributed by atoms with E-state index in [1.807, 2.05) is 19.1 Å². The van der Waals surface area contributed by atoms with Gasteiger partial charge in [0.15, 0.2) is 0 Å². The van der Waals surface area contributed by atoms with Gasteiger partial charge in [-0.15, -0.1) is 3.89 Å². The summed E-state index contributed by atoms with van der Waals surface area (Å²) >= 11 is 5.81. The van der Waals surface area contributed by atoms with Crippen molar-refractivity contribution < 1.29 is 17.1 Å². The molecule has 1 heterocycles. The van der Waals surface area contributed by atoms with Crippen LogP contribution in [0.2, 0.25) is 5.02 Å². The molecule has 0 bridgehead atoms. The molecule has 0 aliphatic carbocycles. The third kappa shape index (κ3) is 3.70. The molecule has 1 amide bonds. The quantitative estimate of drug-likeness (QED) is 0.801. The van der Waals surface area contributed by atoms with E-state index in [0.717, 1.165) is 5.56 Å². The van der Waals surface area contributed by atoms with Crippen LogP contribution < -0.4 is 0 Å². The van der Waals surface area contributed by atoms with E-state index in [-0.39, 0.29) is 24.9 Å². The molecule has 7 heteroatoms. The monoisotopic (exact) mass is 319 g/mol. The van der Waals surface area contributed by atoms with Crippen molar-refractivity contribution in [3.05, 3.63) is 34.9 Å². The van der Waals surface area contributed by atoms with Gasteiger partial charge in [0, 0.05) is 23.9 Å². The Morgan fingerprint density at radius 2 is 2.00 bits per heavy atom. The Morgan fingerprint density at radius 3 is 2.55 bits per heavy atom. The predicted molar refractivity (Wildman–Crippen MR) is 74.6 cm³/mol. The number of halogens is 2. The van der Waals surface area contributed by atoms with Crippen LogP contribution in [0.5, 0.6) is 0 Å². The second-order valence-corrected chi connectivity index (χ2v) is 6.90. The second kappa shape index (κ2) is 5.69. The predicted octanol–water partition coefficient (Wildman–Crippen LogP) is 2.55. The first-order valence-corrected chi connectivity index (χ1v) is 8.16. The lowest BCUT2D eigenvalue weighted by atomic mass is 10.1. The molecule has 20 heavy (non-hydrogen) atoms. The highest BCUT2D eigenvalue weighted by atomic mass is 35.5. The van der Waals surface area contributed by atoms with Crippen LogP contribution >= 0.6 is 11.6 Å². The zero-order chi connectivity index (χ0) is 14.9. The average Bonchev–Trinajstić information content (AvgIpc) is 2.67. The van der Waals surface area contributed by atoms with Crippen LogP contribution in [-0.4, -0.2) is 31.5 Å². The van der Waals surface area contributed by atoms with Gasteiger partial charge in [-0.2, -0.15) is 8.42 Å². The molecule has 1 aliphatic heterocycles. The molecule has 0 radical (unpaired) electrons. The first-order valence-electron chi connectivity index (χ1n) is 6.23. The van der Waals surface area contributed by atoms with Gasteiger partial charge >= 0.3 is 10.2 Å². The molecule has 2 atom stereocenters. The number of rotatable bonds is 4. The first-order chi connectivity index (χ1) is 9.26. The molecule has 1 saturated heterocycles. The summed E-state index contributed by atoms with van der Waals surface area (Å²) in [7, 11) is -4.55. The van der Waals surface area contributed by atoms with E-state index in [9.17, 15) is 17.1 Å². The summed E-state index contributed by atoms with van der Waals surface area (Å²) in [6.45, 7) is 2.11. The van der Waals surface area contributed by atoms with Crippen molar-refractivity contribution in [2.75, 3.05) is 12.3 Å². The molecule has 1 aromatic rings. The average molecular weight is 320 g/mol. The molecular weight excluding hydrogens is 305 g/mol. The fourth-order valence-corrected chi connectivity index (χ4v) is 3.41. The highest BCUT2D eigenvalue weighted by Crippen LogP contribution is 2.29. The minimum Gasteiger partial charge on any atom is -0.336 e. The van der Waals surface area contributed by atoms with Crippen LogP contribution in [0.3, 0.4) is 0 Å². The van der Waals surface area contributed by atoms with Gasteiger partial charge in [-0.1, -0.05) is 23.7 Å². The normalized spacial score (nSPS) is 21.2. The number of carbonyl (C=O) groups excluding carboxylic acids is 1. The lowest BCUT2D eigenvalue weighted by Gasteiger charge is -2.25. The van der Waals surface area contributed by atoms with Crippen LogP contribution in [0, 0.1) is 5.92 Å². The van der Waals surface area contributed by atoms with E-state index in [2.05, 4.69) is 0 Å². The van der Waals surface area contributed by atoms with Gasteiger partial charge in [-0.25, -0.2) is 0 Å². The molecule has 0 aromatic heterocycles. The Balaban J connectivity index is 2.09. The molecule has 0 N–H and O–H groups in total. The Labute approximate surface area is 122 Å². The topological polar surface area (TPSA) is 54.5 Å². The minimum atomic E-state index is -4.55. The number of nitrogens with zero attached hydrogens (tertiary/aromatic N) is 1. The van der Waals surface area contributed by atoms with Gasteiger partial charge in [-0.05, 0) is 24.6 Å². The lowest BCUT2D eigenvalue weighted by molar-refractivity contribution is -0.129. The van der Waals surface area contributed by atoms with E-state index in [4.69, 9.17) is 11.6 Å². The van der Waals surface area contributed by atoms with Crippen molar-refractivity contribution in [3.63, 3.8) is 0 Å². The maximum absolute atomic E-state index is 12.7. The fraction of sp³-hybridized carbons (Fsp3) is 0.462. The molecule has 0 spiro atoms. The highest BCUT2D eigenvalue weighted by Gasteiger charge is 2.35. The summed E-state index contributed by atoms with van der Waals surface area (Å²) in [4.78, 5) is 13.5. The summed E-state index contributed by atoms with van der Waals surface area (Å²) in [6, 6.07) is 6.92. The van der Waals surface area contributed by atoms with E-state index in [1.165, 1.54) is 0 Å². The third-order valence-corrected chi connectivity index (χ3v) is 4.61. The van der Waals surface area contributed by atoms with Crippen molar-refractivity contribution in [3.8, 4) is 0 Å². The van der Waals surface area contributed by atoms with Gasteiger partial charge in [0.05, 0.1) is 11.8 Å². The molecular formula is C13H15ClFNO3S. The minimum absolute atomic E-state index is 0.0705. The van der Waals surface area contributed by atoms with Crippen LogP contribution in [0.1, 0.15) is 24.9 Å². The summed E-state index contributed by atoms with van der Waals surface area (Å²) in [5.74, 6) is -1.23. The summed E-state index contributed by atoms with van der Waals surface area (Å²) in [5.41, 5.74) is 0.909. The van der Waals surface area contributed by atoms with Crippen molar-refractivity contribution in [1.82, 2.24) is 4.90 Å². The number of amides is 1. The maximum atomic E-state index is 12.7. The summed E-state index contributed by atoms with van der Waals surface area (Å²) < 4.78 is 34.0. The van der Waals surface area contributed by atoms with Crippen LogP contribution in [0.25, 0.3) is 0 Å². The molecule has 1 aromatic carbocycles. The summed E-state index contributed by atoms with van der Waals surface area (Å²) in [5, 5.41) is 0.607. The van der Waals surface area contributed by atoms with Gasteiger partial charge in [0.1, 0.15) is 0 Å². The smallest absolute Gasteiger partial charge is 0.302 e. The largest absolute Gasteiger partial charge is 0.336 e. The number of hydrogen-bond donors (Lipinski definition) is 0. The van der Waals surface area contributed by atoms with Crippen LogP contribution in [0.15, 0.2) is 24.3 Å². The maximum Gasteiger partial charge on any atom is 0.302 e. The third-order valence-electron chi connectivity index (χ3n) is 3.49. The number of hydrogen-bond acceptors (Lipinski definition) is 3. The van der Waals surface area contributed by atoms with Gasteiger partial charge < -0.3 is 4.90 Å². The summed E-state index contributed by atoms with van der Waals surface area (Å²) in [6.07, 6.45) is 0.0705. The Morgan fingerprint density at radius 1 is 1.40 bits per heavy atom. The molecule has 2 rings (SSSR count). The van der Waals surface area contributed by atoms with E-state index >= 15 is 0 Å². The van der Waals surface area contributed by atoms with Crippen LogP contribution in [-0.2, 0) is 15.0 Å². The van der Waals surface area contributed by atoms with E-state index < -0.39 is 21.9 Å². The van der Waals surface area contributed by atoms with E-state index in [1.54, 1.807) is 17.0 Å². The molecule has 1 aliphatic rings.